The van der Waals surface area contributed by atoms with Gasteiger partial charge in [0, 0.05) is 11.7 Å². The summed E-state index contributed by atoms with van der Waals surface area (Å²) in [7, 11) is 0. The van der Waals surface area contributed by atoms with Crippen molar-refractivity contribution in [3.8, 4) is 6.07 Å². The molecular formula is C9H13NOS. The van der Waals surface area contributed by atoms with Gasteiger partial charge in [0.1, 0.15) is 5.78 Å². The highest BCUT2D eigenvalue weighted by molar-refractivity contribution is 8.00. The summed E-state index contributed by atoms with van der Waals surface area (Å²) < 4.78 is 0. The van der Waals surface area contributed by atoms with Crippen molar-refractivity contribution in [2.75, 3.05) is 5.75 Å². The van der Waals surface area contributed by atoms with Gasteiger partial charge in [0.2, 0.25) is 0 Å². The van der Waals surface area contributed by atoms with Crippen molar-refractivity contribution in [1.29, 1.82) is 5.26 Å². The number of thioether (sulfide) groups is 1. The van der Waals surface area contributed by atoms with E-state index in [0.29, 0.717) is 11.7 Å². The molecule has 1 rings (SSSR count). The Morgan fingerprint density at radius 3 is 2.83 bits per heavy atom. The summed E-state index contributed by atoms with van der Waals surface area (Å²) in [5, 5.41) is 9.33. The lowest BCUT2D eigenvalue weighted by Crippen LogP contribution is -2.27. The number of rotatable bonds is 2. The Morgan fingerprint density at radius 2 is 2.50 bits per heavy atom. The predicted molar refractivity (Wildman–Crippen MR) is 49.9 cm³/mol. The first-order chi connectivity index (χ1) is 5.60. The summed E-state index contributed by atoms with van der Waals surface area (Å²) in [5.74, 6) is 1.15. The van der Waals surface area contributed by atoms with E-state index in [9.17, 15) is 4.79 Å². The molecule has 2 nitrogen and oxygen atoms in total. The van der Waals surface area contributed by atoms with E-state index in [0.717, 1.165) is 12.2 Å². The van der Waals surface area contributed by atoms with E-state index in [-0.39, 0.29) is 11.2 Å². The molecule has 1 aliphatic heterocycles. The Balaban J connectivity index is 2.76. The summed E-state index contributed by atoms with van der Waals surface area (Å²) in [6, 6.07) is 2.32. The van der Waals surface area contributed by atoms with E-state index in [1.54, 1.807) is 18.7 Å². The van der Waals surface area contributed by atoms with Crippen LogP contribution in [0.25, 0.3) is 0 Å². The fourth-order valence-corrected chi connectivity index (χ4v) is 3.05. The Morgan fingerprint density at radius 1 is 1.83 bits per heavy atom. The molecule has 1 saturated heterocycles. The zero-order chi connectivity index (χ0) is 9.19. The van der Waals surface area contributed by atoms with Crippen LogP contribution in [0.4, 0.5) is 0 Å². The third kappa shape index (κ3) is 1.64. The summed E-state index contributed by atoms with van der Waals surface area (Å²) >= 11 is 1.80. The van der Waals surface area contributed by atoms with E-state index in [1.807, 2.05) is 6.92 Å². The van der Waals surface area contributed by atoms with Crippen LogP contribution in [0.5, 0.6) is 0 Å². The average Bonchev–Trinajstić information content (AvgIpc) is 2.32. The van der Waals surface area contributed by atoms with Gasteiger partial charge in [0.15, 0.2) is 0 Å². The number of carbonyl (C=O) groups excluding carboxylic acids is 1. The highest BCUT2D eigenvalue weighted by atomic mass is 32.2. The SMILES string of the molecule is CC(=O)CC1(C#N)CCSC1C. The third-order valence-corrected chi connectivity index (χ3v) is 3.87. The van der Waals surface area contributed by atoms with Crippen molar-refractivity contribution < 1.29 is 4.79 Å². The smallest absolute Gasteiger partial charge is 0.131 e. The van der Waals surface area contributed by atoms with Crippen molar-refractivity contribution >= 4 is 17.5 Å². The van der Waals surface area contributed by atoms with Crippen LogP contribution in [0, 0.1) is 16.7 Å². The monoisotopic (exact) mass is 183 g/mol. The molecule has 0 aromatic heterocycles. The molecule has 0 aromatic carbocycles. The molecule has 0 radical (unpaired) electrons. The molecule has 1 heterocycles. The van der Waals surface area contributed by atoms with Crippen molar-refractivity contribution in [3.63, 3.8) is 0 Å². The molecule has 1 fully saturated rings. The maximum absolute atomic E-state index is 10.9. The largest absolute Gasteiger partial charge is 0.300 e. The number of carbonyl (C=O) groups is 1. The van der Waals surface area contributed by atoms with Gasteiger partial charge < -0.3 is 0 Å². The van der Waals surface area contributed by atoms with E-state index in [2.05, 4.69) is 6.07 Å². The number of hydrogen-bond donors (Lipinski definition) is 0. The number of nitriles is 1. The molecule has 0 bridgehead atoms. The summed E-state index contributed by atoms with van der Waals surface area (Å²) in [4.78, 5) is 10.9. The predicted octanol–water partition coefficient (Wildman–Crippen LogP) is 2.00. The van der Waals surface area contributed by atoms with Gasteiger partial charge in [0.25, 0.3) is 0 Å². The molecule has 2 atom stereocenters. The molecule has 0 saturated carbocycles. The van der Waals surface area contributed by atoms with Crippen LogP contribution < -0.4 is 0 Å². The minimum atomic E-state index is -0.365. The molecule has 0 amide bonds. The molecule has 12 heavy (non-hydrogen) atoms. The Kier molecular flexibility index (Phi) is 2.79. The van der Waals surface area contributed by atoms with Crippen molar-refractivity contribution in [1.82, 2.24) is 0 Å². The minimum Gasteiger partial charge on any atom is -0.300 e. The quantitative estimate of drug-likeness (QED) is 0.657. The lowest BCUT2D eigenvalue weighted by atomic mass is 9.79. The van der Waals surface area contributed by atoms with Crippen LogP contribution in [0.15, 0.2) is 0 Å². The van der Waals surface area contributed by atoms with Crippen LogP contribution in [-0.4, -0.2) is 16.8 Å². The normalized spacial score (nSPS) is 34.6. The van der Waals surface area contributed by atoms with E-state index in [4.69, 9.17) is 5.26 Å². The first-order valence-electron chi connectivity index (χ1n) is 4.13. The maximum atomic E-state index is 10.9. The van der Waals surface area contributed by atoms with Crippen LogP contribution in [-0.2, 0) is 4.79 Å². The molecule has 2 unspecified atom stereocenters. The average molecular weight is 183 g/mol. The molecule has 0 aromatic rings. The molecule has 3 heteroatoms. The molecular weight excluding hydrogens is 170 g/mol. The van der Waals surface area contributed by atoms with Crippen molar-refractivity contribution in [2.45, 2.75) is 31.9 Å². The van der Waals surface area contributed by atoms with Gasteiger partial charge in [-0.1, -0.05) is 6.92 Å². The number of hydrogen-bond acceptors (Lipinski definition) is 3. The fourth-order valence-electron chi connectivity index (χ4n) is 1.64. The van der Waals surface area contributed by atoms with E-state index >= 15 is 0 Å². The Labute approximate surface area is 77.3 Å². The Bertz CT molecular complexity index is 233. The lowest BCUT2D eigenvalue weighted by Gasteiger charge is -2.23. The van der Waals surface area contributed by atoms with Gasteiger partial charge in [-0.05, 0) is 19.1 Å². The lowest BCUT2D eigenvalue weighted by molar-refractivity contribution is -0.118. The summed E-state index contributed by atoms with van der Waals surface area (Å²) in [6.45, 7) is 3.61. The fraction of sp³-hybridized carbons (Fsp3) is 0.778. The highest BCUT2D eigenvalue weighted by Crippen LogP contribution is 2.44. The molecule has 66 valence electrons. The first-order valence-corrected chi connectivity index (χ1v) is 5.18. The van der Waals surface area contributed by atoms with Gasteiger partial charge >= 0.3 is 0 Å². The Hall–Kier alpha value is -0.490. The third-order valence-electron chi connectivity index (χ3n) is 2.48. The van der Waals surface area contributed by atoms with Crippen LogP contribution in [0.3, 0.4) is 0 Å². The van der Waals surface area contributed by atoms with E-state index in [1.165, 1.54) is 0 Å². The standard InChI is InChI=1S/C9H13NOS/c1-7(11)5-9(6-10)3-4-12-8(9)2/h8H,3-5H2,1-2H3. The van der Waals surface area contributed by atoms with Crippen molar-refractivity contribution in [3.05, 3.63) is 0 Å². The van der Waals surface area contributed by atoms with Gasteiger partial charge in [0.05, 0.1) is 11.5 Å². The van der Waals surface area contributed by atoms with Crippen LogP contribution in [0.1, 0.15) is 26.7 Å². The summed E-state index contributed by atoms with van der Waals surface area (Å²) in [5.41, 5.74) is -0.365. The molecule has 0 N–H and O–H groups in total. The molecule has 1 aliphatic rings. The minimum absolute atomic E-state index is 0.130. The van der Waals surface area contributed by atoms with Gasteiger partial charge in [-0.25, -0.2) is 0 Å². The second kappa shape index (κ2) is 3.49. The zero-order valence-electron chi connectivity index (χ0n) is 7.46. The second-order valence-corrected chi connectivity index (χ2v) is 4.86. The van der Waals surface area contributed by atoms with Crippen LogP contribution in [0.2, 0.25) is 0 Å². The zero-order valence-corrected chi connectivity index (χ0v) is 8.28. The van der Waals surface area contributed by atoms with Gasteiger partial charge in [-0.2, -0.15) is 17.0 Å². The highest BCUT2D eigenvalue weighted by Gasteiger charge is 2.42. The van der Waals surface area contributed by atoms with Gasteiger partial charge in [-0.3, -0.25) is 4.79 Å². The van der Waals surface area contributed by atoms with Crippen LogP contribution >= 0.6 is 11.8 Å². The number of nitrogens with zero attached hydrogens (tertiary/aromatic N) is 1. The number of Topliss-reactive ketones (excluding diaryl/α,β-unsaturated/α-hetero) is 1. The second-order valence-electron chi connectivity index (χ2n) is 3.41. The topological polar surface area (TPSA) is 40.9 Å². The van der Waals surface area contributed by atoms with Gasteiger partial charge in [-0.15, -0.1) is 0 Å². The number of ketones is 1. The molecule has 0 aliphatic carbocycles. The summed E-state index contributed by atoms with van der Waals surface area (Å²) in [6.07, 6.45) is 1.30. The molecule has 0 spiro atoms. The van der Waals surface area contributed by atoms with E-state index < -0.39 is 0 Å². The maximum Gasteiger partial charge on any atom is 0.131 e. The van der Waals surface area contributed by atoms with Crippen molar-refractivity contribution in [2.24, 2.45) is 5.41 Å². The first kappa shape index (κ1) is 9.60.